The predicted molar refractivity (Wildman–Crippen MR) is 68.5 cm³/mol. The minimum atomic E-state index is -3.78. The fraction of sp³-hybridized carbons (Fsp3) is 0. The Labute approximate surface area is 107 Å². The van der Waals surface area contributed by atoms with Crippen molar-refractivity contribution in [2.75, 3.05) is 5.73 Å². The van der Waals surface area contributed by atoms with Crippen molar-refractivity contribution in [3.63, 3.8) is 0 Å². The molecule has 0 saturated heterocycles. The smallest absolute Gasteiger partial charge is 0.239 e. The monoisotopic (exact) mass is 287 g/mol. The molecule has 0 aliphatic carbocycles. The van der Waals surface area contributed by atoms with Crippen molar-refractivity contribution in [2.24, 2.45) is 5.14 Å². The van der Waals surface area contributed by atoms with Gasteiger partial charge in [-0.2, -0.15) is 0 Å². The van der Waals surface area contributed by atoms with Crippen LogP contribution >= 0.6 is 23.1 Å². The molecular weight excluding hydrogens is 278 g/mol. The molecule has 0 bridgehead atoms. The first-order chi connectivity index (χ1) is 7.97. The zero-order valence-electron chi connectivity index (χ0n) is 8.53. The Morgan fingerprint density at radius 3 is 2.71 bits per heavy atom. The van der Waals surface area contributed by atoms with Crippen LogP contribution in [0.1, 0.15) is 0 Å². The summed E-state index contributed by atoms with van der Waals surface area (Å²) in [6.45, 7) is 0. The number of benzene rings is 1. The van der Waals surface area contributed by atoms with Crippen LogP contribution in [-0.4, -0.2) is 13.4 Å². The van der Waals surface area contributed by atoms with Gasteiger partial charge in [-0.25, -0.2) is 18.5 Å². The van der Waals surface area contributed by atoms with Crippen molar-refractivity contribution in [2.45, 2.75) is 14.1 Å². The highest BCUT2D eigenvalue weighted by Gasteiger charge is 2.16. The first-order valence-corrected chi connectivity index (χ1v) is 7.71. The number of thiazole rings is 1. The van der Waals surface area contributed by atoms with Crippen LogP contribution < -0.4 is 10.9 Å². The maximum absolute atomic E-state index is 11.4. The molecule has 0 radical (unpaired) electrons. The number of hydrogen-bond donors (Lipinski definition) is 2. The third-order valence-corrected chi connectivity index (χ3v) is 4.92. The molecule has 5 nitrogen and oxygen atoms in total. The number of anilines is 1. The molecule has 0 atom stereocenters. The highest BCUT2D eigenvalue weighted by molar-refractivity contribution is 8.01. The summed E-state index contributed by atoms with van der Waals surface area (Å²) < 4.78 is 23.6. The number of rotatable bonds is 3. The molecule has 0 fully saturated rings. The lowest BCUT2D eigenvalue weighted by Crippen LogP contribution is -2.13. The number of sulfonamides is 1. The number of aromatic nitrogens is 1. The Morgan fingerprint density at radius 1 is 1.35 bits per heavy atom. The summed E-state index contributed by atoms with van der Waals surface area (Å²) in [5, 5.41) is 6.96. The van der Waals surface area contributed by atoms with Gasteiger partial charge in [0.15, 0.2) is 4.34 Å². The van der Waals surface area contributed by atoms with Crippen LogP contribution in [0.5, 0.6) is 0 Å². The van der Waals surface area contributed by atoms with Crippen LogP contribution in [0.15, 0.2) is 43.9 Å². The van der Waals surface area contributed by atoms with Crippen molar-refractivity contribution in [3.8, 4) is 0 Å². The molecule has 17 heavy (non-hydrogen) atoms. The molecule has 0 amide bonds. The van der Waals surface area contributed by atoms with E-state index in [1.807, 2.05) is 5.38 Å². The van der Waals surface area contributed by atoms with Gasteiger partial charge in [0, 0.05) is 22.2 Å². The third kappa shape index (κ3) is 2.97. The zero-order chi connectivity index (χ0) is 12.5. The summed E-state index contributed by atoms with van der Waals surface area (Å²) in [7, 11) is -3.78. The minimum absolute atomic E-state index is 0.0256. The first kappa shape index (κ1) is 12.4. The average molecular weight is 287 g/mol. The molecule has 1 heterocycles. The SMILES string of the molecule is Nc1ccc(Sc2nccs2)c(S(N)(=O)=O)c1. The molecule has 2 rings (SSSR count). The van der Waals surface area contributed by atoms with E-state index in [0.717, 1.165) is 4.34 Å². The fourth-order valence-electron chi connectivity index (χ4n) is 1.19. The minimum Gasteiger partial charge on any atom is -0.399 e. The molecule has 1 aromatic heterocycles. The van der Waals surface area contributed by atoms with Gasteiger partial charge in [-0.05, 0) is 18.2 Å². The van der Waals surface area contributed by atoms with Crippen LogP contribution in [0.25, 0.3) is 0 Å². The molecule has 0 spiro atoms. The van der Waals surface area contributed by atoms with Crippen molar-refractivity contribution in [1.82, 2.24) is 4.98 Å². The van der Waals surface area contributed by atoms with Gasteiger partial charge in [0.2, 0.25) is 10.0 Å². The van der Waals surface area contributed by atoms with Gasteiger partial charge >= 0.3 is 0 Å². The number of hydrogen-bond acceptors (Lipinski definition) is 6. The topological polar surface area (TPSA) is 99.1 Å². The van der Waals surface area contributed by atoms with Crippen molar-refractivity contribution < 1.29 is 8.42 Å². The lowest BCUT2D eigenvalue weighted by molar-refractivity contribution is 0.596. The number of primary sulfonamides is 1. The van der Waals surface area contributed by atoms with Crippen molar-refractivity contribution >= 4 is 38.8 Å². The molecule has 4 N–H and O–H groups in total. The first-order valence-electron chi connectivity index (χ1n) is 4.46. The van der Waals surface area contributed by atoms with Gasteiger partial charge in [-0.3, -0.25) is 0 Å². The van der Waals surface area contributed by atoms with E-state index < -0.39 is 10.0 Å². The van der Waals surface area contributed by atoms with E-state index in [0.29, 0.717) is 10.6 Å². The quantitative estimate of drug-likeness (QED) is 0.834. The summed E-state index contributed by atoms with van der Waals surface area (Å²) >= 11 is 2.68. The highest BCUT2D eigenvalue weighted by Crippen LogP contribution is 2.34. The second-order valence-electron chi connectivity index (χ2n) is 3.15. The molecule has 0 aliphatic heterocycles. The molecule has 0 unspecified atom stereocenters. The predicted octanol–water partition coefficient (Wildman–Crippen LogP) is 1.52. The van der Waals surface area contributed by atoms with Gasteiger partial charge in [0.05, 0.1) is 4.90 Å². The molecular formula is C9H9N3O2S3. The van der Waals surface area contributed by atoms with Crippen LogP contribution in [0.4, 0.5) is 5.69 Å². The summed E-state index contributed by atoms with van der Waals surface area (Å²) in [5.74, 6) is 0. The standard InChI is InChI=1S/C9H9N3O2S3/c10-6-1-2-7(8(5-6)17(11,13)14)16-9-12-3-4-15-9/h1-5H,10H2,(H2,11,13,14). The fourth-order valence-corrected chi connectivity index (χ4v) is 3.89. The Morgan fingerprint density at radius 2 is 2.12 bits per heavy atom. The van der Waals surface area contributed by atoms with Crippen molar-refractivity contribution in [3.05, 3.63) is 29.8 Å². The van der Waals surface area contributed by atoms with Crippen LogP contribution in [0.2, 0.25) is 0 Å². The van der Waals surface area contributed by atoms with E-state index >= 15 is 0 Å². The van der Waals surface area contributed by atoms with E-state index in [1.54, 1.807) is 18.3 Å². The Bertz CT molecular complexity index is 623. The Kier molecular flexibility index (Phi) is 3.38. The maximum atomic E-state index is 11.4. The summed E-state index contributed by atoms with van der Waals surface area (Å²) in [6.07, 6.45) is 1.65. The average Bonchev–Trinajstić information content (AvgIpc) is 2.72. The Hall–Kier alpha value is -1.09. The van der Waals surface area contributed by atoms with E-state index in [1.165, 1.54) is 29.2 Å². The van der Waals surface area contributed by atoms with E-state index in [4.69, 9.17) is 10.9 Å². The van der Waals surface area contributed by atoms with Gasteiger partial charge < -0.3 is 5.73 Å². The third-order valence-electron chi connectivity index (χ3n) is 1.88. The second-order valence-corrected chi connectivity index (χ2v) is 6.86. The molecule has 90 valence electrons. The van der Waals surface area contributed by atoms with Gasteiger partial charge in [-0.15, -0.1) is 11.3 Å². The lowest BCUT2D eigenvalue weighted by atomic mass is 10.3. The molecule has 1 aromatic carbocycles. The molecule has 0 aliphatic rings. The maximum Gasteiger partial charge on any atom is 0.239 e. The van der Waals surface area contributed by atoms with Gasteiger partial charge in [0.1, 0.15) is 0 Å². The number of nitrogens with two attached hydrogens (primary N) is 2. The van der Waals surface area contributed by atoms with Crippen LogP contribution in [0.3, 0.4) is 0 Å². The van der Waals surface area contributed by atoms with E-state index in [-0.39, 0.29) is 4.90 Å². The summed E-state index contributed by atoms with van der Waals surface area (Å²) in [5.41, 5.74) is 5.91. The lowest BCUT2D eigenvalue weighted by Gasteiger charge is -2.06. The number of nitrogens with zero attached hydrogens (tertiary/aromatic N) is 1. The normalized spacial score (nSPS) is 11.6. The number of nitrogen functional groups attached to an aromatic ring is 1. The summed E-state index contributed by atoms with van der Waals surface area (Å²) in [6, 6.07) is 4.61. The van der Waals surface area contributed by atoms with Crippen LogP contribution in [-0.2, 0) is 10.0 Å². The van der Waals surface area contributed by atoms with Gasteiger partial charge in [0.25, 0.3) is 0 Å². The second kappa shape index (κ2) is 4.65. The molecule has 2 aromatic rings. The Balaban J connectivity index is 2.47. The zero-order valence-corrected chi connectivity index (χ0v) is 11.0. The highest BCUT2D eigenvalue weighted by atomic mass is 32.2. The molecule has 8 heteroatoms. The van der Waals surface area contributed by atoms with E-state index in [9.17, 15) is 8.42 Å². The van der Waals surface area contributed by atoms with Crippen molar-refractivity contribution in [1.29, 1.82) is 0 Å². The van der Waals surface area contributed by atoms with Gasteiger partial charge in [-0.1, -0.05) is 11.8 Å². The van der Waals surface area contributed by atoms with E-state index in [2.05, 4.69) is 4.98 Å². The largest absolute Gasteiger partial charge is 0.399 e. The molecule has 0 saturated carbocycles. The van der Waals surface area contributed by atoms with Crippen LogP contribution in [0, 0.1) is 0 Å². The summed E-state index contributed by atoms with van der Waals surface area (Å²) in [4.78, 5) is 4.62.